The van der Waals surface area contributed by atoms with E-state index in [-0.39, 0.29) is 51.3 Å². The lowest BCUT2D eigenvalue weighted by molar-refractivity contribution is -0.142. The third-order valence-corrected chi connectivity index (χ3v) is 10.3. The second-order valence-corrected chi connectivity index (χ2v) is 13.6. The number of amides is 5. The van der Waals surface area contributed by atoms with E-state index in [2.05, 4.69) is 20.9 Å². The van der Waals surface area contributed by atoms with Crippen molar-refractivity contribution in [3.63, 3.8) is 0 Å². The van der Waals surface area contributed by atoms with E-state index in [9.17, 15) is 29.1 Å². The van der Waals surface area contributed by atoms with E-state index in [4.69, 9.17) is 0 Å². The van der Waals surface area contributed by atoms with Crippen molar-refractivity contribution in [1.29, 1.82) is 0 Å². The number of thiophene rings is 1. The average Bonchev–Trinajstić information content (AvgIpc) is 3.85. The van der Waals surface area contributed by atoms with Gasteiger partial charge in [0.2, 0.25) is 23.6 Å². The van der Waals surface area contributed by atoms with Crippen molar-refractivity contribution in [3.05, 3.63) is 93.8 Å². The minimum Gasteiger partial charge on any atom is -0.391 e. The molecule has 49 heavy (non-hydrogen) atoms. The van der Waals surface area contributed by atoms with E-state index in [1.807, 2.05) is 67.6 Å². The molecule has 256 valence electrons. The van der Waals surface area contributed by atoms with Crippen LogP contribution in [-0.2, 0) is 38.4 Å². The van der Waals surface area contributed by atoms with Crippen LogP contribution in [0.2, 0.25) is 0 Å². The first-order chi connectivity index (χ1) is 23.7. The SMILES string of the molecule is CCc1ccc(C(=O)N2CCNC(=O)[C@H](Cc3ccccc3)NC(=O)[C@@H]3C[C@@H](O)CN3C(=O)[C@@H](Cc3c[nH]c4ccccc34)NC(=O)C2)s1. The summed E-state index contributed by atoms with van der Waals surface area (Å²) in [5, 5.41) is 20.1. The van der Waals surface area contributed by atoms with Gasteiger partial charge in [0.05, 0.1) is 17.5 Å². The highest BCUT2D eigenvalue weighted by Crippen LogP contribution is 2.24. The second kappa shape index (κ2) is 15.0. The van der Waals surface area contributed by atoms with Crippen LogP contribution in [0.5, 0.6) is 0 Å². The molecule has 4 atom stereocenters. The molecule has 0 spiro atoms. The van der Waals surface area contributed by atoms with Crippen LogP contribution in [0, 0.1) is 0 Å². The molecule has 12 nitrogen and oxygen atoms in total. The van der Waals surface area contributed by atoms with Crippen molar-refractivity contribution in [2.45, 2.75) is 56.8 Å². The van der Waals surface area contributed by atoms with Crippen molar-refractivity contribution in [1.82, 2.24) is 30.7 Å². The number of benzene rings is 2. The number of aromatic amines is 1. The van der Waals surface area contributed by atoms with Gasteiger partial charge in [0, 0.05) is 60.9 Å². The maximum atomic E-state index is 14.3. The number of para-hydroxylation sites is 1. The zero-order valence-corrected chi connectivity index (χ0v) is 28.0. The van der Waals surface area contributed by atoms with E-state index >= 15 is 0 Å². The molecule has 0 unspecified atom stereocenters. The van der Waals surface area contributed by atoms with Crippen molar-refractivity contribution < 1.29 is 29.1 Å². The van der Waals surface area contributed by atoms with Gasteiger partial charge in [-0.15, -0.1) is 11.3 Å². The number of aryl methyl sites for hydroxylation is 1. The summed E-state index contributed by atoms with van der Waals surface area (Å²) in [6, 6.07) is 17.3. The lowest BCUT2D eigenvalue weighted by Gasteiger charge is -2.30. The molecule has 0 radical (unpaired) electrons. The van der Waals surface area contributed by atoms with Crippen LogP contribution in [0.15, 0.2) is 72.9 Å². The Bertz CT molecular complexity index is 1840. The largest absolute Gasteiger partial charge is 0.391 e. The number of hydrogen-bond donors (Lipinski definition) is 5. The third-order valence-electron chi connectivity index (χ3n) is 9.04. The predicted octanol–water partition coefficient (Wildman–Crippen LogP) is 1.78. The molecular formula is C36H40N6O6S. The number of aromatic nitrogens is 1. The average molecular weight is 685 g/mol. The molecule has 6 rings (SSSR count). The standard InChI is InChI=1S/C36H40N6O6S/c1-2-25-12-13-31(49-25)36(48)41-15-14-37-33(45)28(16-22-8-4-3-5-9-22)40-34(46)30-18-24(43)20-42(30)35(47)29(39-32(44)21-41)17-23-19-38-27-11-7-6-10-26(23)27/h3-13,19,24,28-30,38,43H,2,14-18,20-21H2,1H3,(H,37,45)(H,39,44)(H,40,46)/t24-,28+,29-,30+/m1/s1. The van der Waals surface area contributed by atoms with Crippen LogP contribution in [0.1, 0.15) is 39.0 Å². The first-order valence-corrected chi connectivity index (χ1v) is 17.3. The number of nitrogens with one attached hydrogen (secondary N) is 4. The minimum absolute atomic E-state index is 0.0192. The first kappa shape index (κ1) is 33.9. The molecule has 2 saturated heterocycles. The Morgan fingerprint density at radius 3 is 2.47 bits per heavy atom. The monoisotopic (exact) mass is 684 g/mol. The highest BCUT2D eigenvalue weighted by molar-refractivity contribution is 7.14. The maximum absolute atomic E-state index is 14.3. The minimum atomic E-state index is -1.11. The highest BCUT2D eigenvalue weighted by atomic mass is 32.1. The number of fused-ring (bicyclic) bond motifs is 2. The summed E-state index contributed by atoms with van der Waals surface area (Å²) in [5.41, 5.74) is 2.46. The molecule has 2 aromatic heterocycles. The van der Waals surface area contributed by atoms with Gasteiger partial charge >= 0.3 is 0 Å². The molecule has 4 heterocycles. The summed E-state index contributed by atoms with van der Waals surface area (Å²) in [5.74, 6) is -2.52. The number of rotatable bonds is 6. The Labute approximate surface area is 287 Å². The van der Waals surface area contributed by atoms with E-state index in [1.54, 1.807) is 12.3 Å². The second-order valence-electron chi connectivity index (χ2n) is 12.5. The van der Waals surface area contributed by atoms with Crippen LogP contribution >= 0.6 is 11.3 Å². The van der Waals surface area contributed by atoms with Crippen molar-refractivity contribution in [2.24, 2.45) is 0 Å². The summed E-state index contributed by atoms with van der Waals surface area (Å²) >= 11 is 1.35. The smallest absolute Gasteiger partial charge is 0.264 e. The highest BCUT2D eigenvalue weighted by Gasteiger charge is 2.43. The number of H-pyrrole nitrogens is 1. The summed E-state index contributed by atoms with van der Waals surface area (Å²) < 4.78 is 0. The lowest BCUT2D eigenvalue weighted by atomic mass is 10.0. The third kappa shape index (κ3) is 7.84. The number of hydrogen-bond acceptors (Lipinski definition) is 7. The normalized spacial score (nSPS) is 22.6. The van der Waals surface area contributed by atoms with Crippen LogP contribution in [0.3, 0.4) is 0 Å². The van der Waals surface area contributed by atoms with Crippen molar-refractivity contribution in [2.75, 3.05) is 26.2 Å². The zero-order valence-electron chi connectivity index (χ0n) is 27.2. The van der Waals surface area contributed by atoms with E-state index in [1.165, 1.54) is 21.1 Å². The molecule has 0 saturated carbocycles. The molecule has 0 bridgehead atoms. The van der Waals surface area contributed by atoms with Gasteiger partial charge in [-0.2, -0.15) is 0 Å². The lowest BCUT2D eigenvalue weighted by Crippen LogP contribution is -2.57. The van der Waals surface area contributed by atoms with Crippen molar-refractivity contribution >= 4 is 51.8 Å². The van der Waals surface area contributed by atoms with Gasteiger partial charge in [-0.25, -0.2) is 0 Å². The maximum Gasteiger partial charge on any atom is 0.264 e. The molecule has 2 fully saturated rings. The Balaban J connectivity index is 1.34. The van der Waals surface area contributed by atoms with Crippen LogP contribution in [0.4, 0.5) is 0 Å². The van der Waals surface area contributed by atoms with E-state index in [0.29, 0.717) is 4.88 Å². The van der Waals surface area contributed by atoms with Gasteiger partial charge in [0.1, 0.15) is 18.1 Å². The molecule has 5 amide bonds. The van der Waals surface area contributed by atoms with E-state index in [0.717, 1.165) is 33.3 Å². The van der Waals surface area contributed by atoms with Crippen LogP contribution < -0.4 is 16.0 Å². The summed E-state index contributed by atoms with van der Waals surface area (Å²) in [6.07, 6.45) is 1.83. The van der Waals surface area contributed by atoms with Gasteiger partial charge in [0.15, 0.2) is 0 Å². The molecule has 5 N–H and O–H groups in total. The van der Waals surface area contributed by atoms with Gasteiger partial charge in [-0.3, -0.25) is 24.0 Å². The fourth-order valence-corrected chi connectivity index (χ4v) is 7.41. The van der Waals surface area contributed by atoms with Crippen molar-refractivity contribution in [3.8, 4) is 0 Å². The molecule has 2 aliphatic rings. The van der Waals surface area contributed by atoms with Gasteiger partial charge in [-0.05, 0) is 35.7 Å². The number of aliphatic hydroxyl groups is 1. The molecule has 2 aliphatic heterocycles. The summed E-state index contributed by atoms with van der Waals surface area (Å²) in [6.45, 7) is 1.56. The number of aliphatic hydroxyl groups excluding tert-OH is 1. The quantitative estimate of drug-likeness (QED) is 0.208. The Morgan fingerprint density at radius 1 is 0.918 bits per heavy atom. The van der Waals surface area contributed by atoms with Gasteiger partial charge < -0.3 is 35.8 Å². The topological polar surface area (TPSA) is 164 Å². The van der Waals surface area contributed by atoms with Gasteiger partial charge in [0.25, 0.3) is 5.91 Å². The predicted molar refractivity (Wildman–Crippen MR) is 185 cm³/mol. The van der Waals surface area contributed by atoms with Gasteiger partial charge in [-0.1, -0.05) is 55.5 Å². The fraction of sp³-hybridized carbons (Fsp3) is 0.361. The number of nitrogens with zero attached hydrogens (tertiary/aromatic N) is 2. The Morgan fingerprint density at radius 2 is 1.69 bits per heavy atom. The first-order valence-electron chi connectivity index (χ1n) is 16.5. The molecule has 4 aromatic rings. The molecule has 13 heteroatoms. The Kier molecular flexibility index (Phi) is 10.4. The molecule has 2 aromatic carbocycles. The van der Waals surface area contributed by atoms with Crippen LogP contribution in [0.25, 0.3) is 10.9 Å². The summed E-state index contributed by atoms with van der Waals surface area (Å²) in [4.78, 5) is 76.5. The van der Waals surface area contributed by atoms with Crippen LogP contribution in [-0.4, -0.2) is 99.8 Å². The zero-order chi connectivity index (χ0) is 34.5. The molecule has 0 aliphatic carbocycles. The molecular weight excluding hydrogens is 644 g/mol. The fourth-order valence-electron chi connectivity index (χ4n) is 6.50. The number of carbonyl (C=O) groups is 5. The number of carbonyl (C=O) groups excluding carboxylic acids is 5. The Hall–Kier alpha value is -5.01. The van der Waals surface area contributed by atoms with E-state index < -0.39 is 47.9 Å². The summed E-state index contributed by atoms with van der Waals surface area (Å²) in [7, 11) is 0.